The number of amides is 2. The number of carbonyl (C=O) groups is 2. The fourth-order valence-corrected chi connectivity index (χ4v) is 5.17. The van der Waals surface area contributed by atoms with Crippen LogP contribution < -0.4 is 35.6 Å². The van der Waals surface area contributed by atoms with Crippen LogP contribution in [0.1, 0.15) is 44.4 Å². The normalized spacial score (nSPS) is 14.6. The van der Waals surface area contributed by atoms with E-state index in [9.17, 15) is 14.4 Å². The van der Waals surface area contributed by atoms with Crippen molar-refractivity contribution in [2.24, 2.45) is 5.92 Å². The van der Waals surface area contributed by atoms with Gasteiger partial charge in [0.15, 0.2) is 11.5 Å². The fraction of sp³-hybridized carbons (Fsp3) is 0.355. The smallest absolute Gasteiger partial charge is 0.248 e. The number of hydrogen-bond acceptors (Lipinski definition) is 8. The molecule has 4 rings (SSSR count). The lowest BCUT2D eigenvalue weighted by Crippen LogP contribution is -2.40. The number of rotatable bonds is 9. The average Bonchev–Trinajstić information content (AvgIpc) is 3.19. The third-order valence-electron chi connectivity index (χ3n) is 7.09. The van der Waals surface area contributed by atoms with Gasteiger partial charge >= 0.3 is 0 Å². The zero-order valence-corrected chi connectivity index (χ0v) is 24.2. The van der Waals surface area contributed by atoms with Crippen LogP contribution in [0.25, 0.3) is 11.1 Å². The molecule has 0 fully saturated rings. The molecule has 2 unspecified atom stereocenters. The first-order valence-corrected chi connectivity index (χ1v) is 13.4. The van der Waals surface area contributed by atoms with Gasteiger partial charge in [-0.1, -0.05) is 26.0 Å². The molecule has 1 heterocycles. The Kier molecular flexibility index (Phi) is 9.11. The number of pyridine rings is 1. The summed E-state index contributed by atoms with van der Waals surface area (Å²) in [5.74, 6) is 1.16. The van der Waals surface area contributed by atoms with Crippen LogP contribution in [-0.2, 0) is 16.0 Å². The molecular weight excluding hydrogens is 524 g/mol. The molecule has 41 heavy (non-hydrogen) atoms. The zero-order chi connectivity index (χ0) is 29.7. The Hall–Kier alpha value is -4.60. The fourth-order valence-electron chi connectivity index (χ4n) is 5.17. The molecule has 3 N–H and O–H groups in total. The van der Waals surface area contributed by atoms with Crippen molar-refractivity contribution >= 4 is 23.3 Å². The van der Waals surface area contributed by atoms with E-state index < -0.39 is 12.1 Å². The topological polar surface area (TPSA) is 128 Å². The Morgan fingerprint density at radius 2 is 1.76 bits per heavy atom. The molecule has 10 heteroatoms. The van der Waals surface area contributed by atoms with Crippen molar-refractivity contribution in [2.45, 2.75) is 45.7 Å². The number of ether oxygens (including phenoxy) is 3. The van der Waals surface area contributed by atoms with E-state index in [1.165, 1.54) is 20.1 Å². The Bertz CT molecular complexity index is 1490. The third kappa shape index (κ3) is 6.26. The quantitative estimate of drug-likeness (QED) is 0.353. The number of aromatic nitrogens is 1. The van der Waals surface area contributed by atoms with Gasteiger partial charge in [0, 0.05) is 18.7 Å². The second kappa shape index (κ2) is 12.7. The van der Waals surface area contributed by atoms with Crippen molar-refractivity contribution in [2.75, 3.05) is 32.0 Å². The zero-order valence-electron chi connectivity index (χ0n) is 24.2. The molecule has 2 atom stereocenters. The van der Waals surface area contributed by atoms with E-state index in [0.29, 0.717) is 47.0 Å². The molecule has 2 amide bonds. The number of nitrogens with zero attached hydrogens (tertiary/aromatic N) is 1. The Labute approximate surface area is 239 Å². The molecule has 216 valence electrons. The summed E-state index contributed by atoms with van der Waals surface area (Å²) in [7, 11) is 4.65. The van der Waals surface area contributed by atoms with Gasteiger partial charge in [-0.3, -0.25) is 14.4 Å². The van der Waals surface area contributed by atoms with Gasteiger partial charge in [0.25, 0.3) is 0 Å². The maximum absolute atomic E-state index is 13.7. The summed E-state index contributed by atoms with van der Waals surface area (Å²) in [5.41, 5.74) is 2.95. The van der Waals surface area contributed by atoms with Crippen LogP contribution in [0.5, 0.6) is 17.2 Å². The van der Waals surface area contributed by atoms with Crippen molar-refractivity contribution < 1.29 is 23.8 Å². The lowest BCUT2D eigenvalue weighted by molar-refractivity contribution is -0.120. The highest BCUT2D eigenvalue weighted by Gasteiger charge is 2.30. The van der Waals surface area contributed by atoms with Gasteiger partial charge in [0.1, 0.15) is 11.9 Å². The van der Waals surface area contributed by atoms with Crippen LogP contribution in [0.4, 0.5) is 11.5 Å². The maximum Gasteiger partial charge on any atom is 0.248 e. The van der Waals surface area contributed by atoms with E-state index >= 15 is 0 Å². The molecule has 0 spiro atoms. The molecule has 1 aromatic heterocycles. The molecule has 0 radical (unpaired) electrons. The van der Waals surface area contributed by atoms with Crippen molar-refractivity contribution in [3.63, 3.8) is 0 Å². The van der Waals surface area contributed by atoms with E-state index in [1.54, 1.807) is 44.7 Å². The van der Waals surface area contributed by atoms with Crippen molar-refractivity contribution in [3.8, 4) is 28.4 Å². The Balaban J connectivity index is 1.86. The van der Waals surface area contributed by atoms with Gasteiger partial charge in [-0.05, 0) is 65.8 Å². The van der Waals surface area contributed by atoms with E-state index in [-0.39, 0.29) is 28.8 Å². The predicted molar refractivity (Wildman–Crippen MR) is 158 cm³/mol. The highest BCUT2D eigenvalue weighted by Crippen LogP contribution is 2.50. The van der Waals surface area contributed by atoms with E-state index in [0.717, 1.165) is 11.1 Å². The second-order valence-corrected chi connectivity index (χ2v) is 10.2. The summed E-state index contributed by atoms with van der Waals surface area (Å²) < 4.78 is 17.1. The first-order valence-electron chi connectivity index (χ1n) is 13.4. The molecule has 10 nitrogen and oxygen atoms in total. The summed E-state index contributed by atoms with van der Waals surface area (Å²) in [5, 5.41) is 8.97. The van der Waals surface area contributed by atoms with Crippen molar-refractivity contribution in [1.29, 1.82) is 0 Å². The molecule has 0 saturated carbocycles. The molecule has 1 aliphatic rings. The van der Waals surface area contributed by atoms with Crippen LogP contribution in [-0.4, -0.2) is 44.2 Å². The SMILES string of the molecule is COc1cc2c(c(OC)c1OC)-c1ccc(NC(C(=O)Nc3ccccn3)C(C)C)c(=O)cc1C(NC(C)=O)CC2. The summed E-state index contributed by atoms with van der Waals surface area (Å²) in [6.45, 7) is 5.24. The number of carbonyl (C=O) groups excluding carboxylic acids is 2. The monoisotopic (exact) mass is 560 g/mol. The molecule has 3 aromatic rings. The highest BCUT2D eigenvalue weighted by molar-refractivity contribution is 5.96. The predicted octanol–water partition coefficient (Wildman–Crippen LogP) is 4.33. The summed E-state index contributed by atoms with van der Waals surface area (Å²) in [6.07, 6.45) is 2.74. The standard InChI is InChI=1S/C31H36N4O6/c1-17(2)28(31(38)35-26-9-7-8-14-32-26)34-23-13-11-20-21(16-24(23)37)22(33-18(3)36)12-10-19-15-25(39-4)29(40-5)30(41-6)27(19)20/h7-9,11,13-17,22,28H,10,12H2,1-6H3,(H,33,36)(H,34,37)(H,32,35,38). The molecule has 1 aliphatic carbocycles. The molecule has 0 aliphatic heterocycles. The Morgan fingerprint density at radius 1 is 1.00 bits per heavy atom. The number of benzene rings is 1. The average molecular weight is 561 g/mol. The molecular formula is C31H36N4O6. The highest BCUT2D eigenvalue weighted by atomic mass is 16.5. The van der Waals surface area contributed by atoms with E-state index in [2.05, 4.69) is 20.9 Å². The minimum absolute atomic E-state index is 0.147. The first-order chi connectivity index (χ1) is 19.7. The minimum Gasteiger partial charge on any atom is -0.493 e. The first kappa shape index (κ1) is 29.4. The third-order valence-corrected chi connectivity index (χ3v) is 7.09. The van der Waals surface area contributed by atoms with E-state index in [4.69, 9.17) is 14.2 Å². The molecule has 0 saturated heterocycles. The molecule has 2 aromatic carbocycles. The lowest BCUT2D eigenvalue weighted by Gasteiger charge is -2.22. The molecule has 0 bridgehead atoms. The summed E-state index contributed by atoms with van der Waals surface area (Å²) >= 11 is 0. The van der Waals surface area contributed by atoms with Crippen LogP contribution in [0, 0.1) is 5.92 Å². The van der Waals surface area contributed by atoms with Crippen LogP contribution in [0.3, 0.4) is 0 Å². The van der Waals surface area contributed by atoms with Crippen LogP contribution in [0.2, 0.25) is 0 Å². The van der Waals surface area contributed by atoms with Crippen molar-refractivity contribution in [1.82, 2.24) is 10.3 Å². The lowest BCUT2D eigenvalue weighted by atomic mass is 9.95. The van der Waals surface area contributed by atoms with E-state index in [1.807, 2.05) is 26.0 Å². The number of methoxy groups -OCH3 is 3. The van der Waals surface area contributed by atoms with Gasteiger partial charge in [-0.25, -0.2) is 4.98 Å². The number of aryl methyl sites for hydroxylation is 1. The largest absolute Gasteiger partial charge is 0.493 e. The number of anilines is 2. The van der Waals surface area contributed by atoms with Gasteiger partial charge in [0.05, 0.1) is 33.1 Å². The van der Waals surface area contributed by atoms with Crippen LogP contribution in [0.15, 0.2) is 53.5 Å². The summed E-state index contributed by atoms with van der Waals surface area (Å²) in [6, 6.07) is 11.0. The van der Waals surface area contributed by atoms with Crippen molar-refractivity contribution in [3.05, 3.63) is 70.0 Å². The second-order valence-electron chi connectivity index (χ2n) is 10.2. The van der Waals surface area contributed by atoms with Gasteiger partial charge in [0.2, 0.25) is 23.0 Å². The van der Waals surface area contributed by atoms with Gasteiger partial charge in [-0.15, -0.1) is 0 Å². The number of nitrogens with one attached hydrogen (secondary N) is 3. The maximum atomic E-state index is 13.7. The number of fused-ring (bicyclic) bond motifs is 3. The Morgan fingerprint density at radius 3 is 2.37 bits per heavy atom. The van der Waals surface area contributed by atoms with Gasteiger partial charge < -0.3 is 30.2 Å². The summed E-state index contributed by atoms with van der Waals surface area (Å²) in [4.78, 5) is 43.2. The number of hydrogen-bond donors (Lipinski definition) is 3. The minimum atomic E-state index is -0.718. The van der Waals surface area contributed by atoms with Crippen LogP contribution >= 0.6 is 0 Å². The van der Waals surface area contributed by atoms with Gasteiger partial charge in [-0.2, -0.15) is 0 Å².